The summed E-state index contributed by atoms with van der Waals surface area (Å²) in [7, 11) is 0. The zero-order valence-electron chi connectivity index (χ0n) is 12.0. The molecule has 1 aromatic rings. The van der Waals surface area contributed by atoms with E-state index in [2.05, 4.69) is 18.3 Å². The average molecular weight is 291 g/mol. The third-order valence-corrected chi connectivity index (χ3v) is 5.08. The smallest absolute Gasteiger partial charge is 0.227 e. The van der Waals surface area contributed by atoms with E-state index in [0.717, 1.165) is 29.8 Å². The minimum atomic E-state index is -0.121. The number of anilines is 1. The third kappa shape index (κ3) is 3.02. The Morgan fingerprint density at radius 1 is 1.65 bits per heavy atom. The first-order valence-corrected chi connectivity index (χ1v) is 7.94. The molecule has 0 saturated carbocycles. The van der Waals surface area contributed by atoms with Gasteiger partial charge in [0.05, 0.1) is 5.56 Å². The van der Waals surface area contributed by atoms with Gasteiger partial charge in [-0.05, 0) is 43.7 Å². The Balaban J connectivity index is 2.21. The van der Waals surface area contributed by atoms with Crippen LogP contribution in [0.1, 0.15) is 42.7 Å². The summed E-state index contributed by atoms with van der Waals surface area (Å²) in [5.41, 5.74) is 7.30. The minimum Gasteiger partial charge on any atom is -0.330 e. The molecule has 2 rings (SSSR count). The number of fused-ring (bicyclic) bond motifs is 1. The van der Waals surface area contributed by atoms with Gasteiger partial charge in [-0.25, -0.2) is 0 Å². The van der Waals surface area contributed by atoms with Crippen LogP contribution in [-0.4, -0.2) is 12.5 Å². The van der Waals surface area contributed by atoms with E-state index in [9.17, 15) is 10.1 Å². The molecule has 108 valence electrons. The molecule has 20 heavy (non-hydrogen) atoms. The van der Waals surface area contributed by atoms with Crippen molar-refractivity contribution in [2.45, 2.75) is 39.5 Å². The van der Waals surface area contributed by atoms with Gasteiger partial charge in [-0.1, -0.05) is 13.8 Å². The maximum atomic E-state index is 12.1. The lowest BCUT2D eigenvalue weighted by molar-refractivity contribution is -0.119. The molecule has 0 aromatic carbocycles. The normalized spacial score (nSPS) is 19.0. The van der Waals surface area contributed by atoms with Crippen molar-refractivity contribution in [1.29, 1.82) is 5.26 Å². The van der Waals surface area contributed by atoms with Gasteiger partial charge >= 0.3 is 0 Å². The van der Waals surface area contributed by atoms with E-state index in [-0.39, 0.29) is 11.8 Å². The fraction of sp³-hybridized carbons (Fsp3) is 0.600. The van der Waals surface area contributed by atoms with Gasteiger partial charge in [-0.2, -0.15) is 5.26 Å². The van der Waals surface area contributed by atoms with E-state index < -0.39 is 0 Å². The number of nitrogens with zero attached hydrogens (tertiary/aromatic N) is 1. The lowest BCUT2D eigenvalue weighted by atomic mass is 9.88. The molecule has 0 radical (unpaired) electrons. The van der Waals surface area contributed by atoms with Crippen LogP contribution in [0, 0.1) is 23.2 Å². The van der Waals surface area contributed by atoms with Crippen LogP contribution in [0.4, 0.5) is 5.00 Å². The largest absolute Gasteiger partial charge is 0.330 e. The highest BCUT2D eigenvalue weighted by Crippen LogP contribution is 2.39. The molecule has 5 heteroatoms. The van der Waals surface area contributed by atoms with Gasteiger partial charge in [0, 0.05) is 10.8 Å². The fourth-order valence-electron chi connectivity index (χ4n) is 2.57. The number of nitrogens with two attached hydrogens (primary N) is 1. The number of amides is 1. The van der Waals surface area contributed by atoms with Crippen molar-refractivity contribution in [3.8, 4) is 6.07 Å². The Kier molecular flexibility index (Phi) is 4.79. The Labute approximate surface area is 124 Å². The Morgan fingerprint density at radius 2 is 2.40 bits per heavy atom. The van der Waals surface area contributed by atoms with Crippen molar-refractivity contribution in [2.75, 3.05) is 11.9 Å². The minimum absolute atomic E-state index is 0.0430. The van der Waals surface area contributed by atoms with Gasteiger partial charge < -0.3 is 11.1 Å². The summed E-state index contributed by atoms with van der Waals surface area (Å²) in [6, 6.07) is 2.27. The fourth-order valence-corrected chi connectivity index (χ4v) is 3.94. The second kappa shape index (κ2) is 6.38. The molecule has 2 unspecified atom stereocenters. The van der Waals surface area contributed by atoms with E-state index in [1.165, 1.54) is 4.88 Å². The number of carbonyl (C=O) groups is 1. The second-order valence-corrected chi connectivity index (χ2v) is 6.74. The van der Waals surface area contributed by atoms with Crippen LogP contribution in [0.2, 0.25) is 0 Å². The highest BCUT2D eigenvalue weighted by Gasteiger charge is 2.25. The van der Waals surface area contributed by atoms with Gasteiger partial charge in [0.2, 0.25) is 5.91 Å². The number of hydrogen-bond acceptors (Lipinski definition) is 4. The maximum Gasteiger partial charge on any atom is 0.227 e. The molecule has 1 heterocycles. The lowest BCUT2D eigenvalue weighted by Gasteiger charge is -2.17. The predicted molar refractivity (Wildman–Crippen MR) is 81.7 cm³/mol. The van der Waals surface area contributed by atoms with E-state index in [4.69, 9.17) is 5.73 Å². The Hall–Kier alpha value is -1.38. The lowest BCUT2D eigenvalue weighted by Crippen LogP contribution is -2.22. The van der Waals surface area contributed by atoms with E-state index in [1.807, 2.05) is 6.92 Å². The number of thiophene rings is 1. The molecule has 2 atom stereocenters. The molecule has 0 fully saturated rings. The van der Waals surface area contributed by atoms with Gasteiger partial charge in [0.1, 0.15) is 11.1 Å². The van der Waals surface area contributed by atoms with Gasteiger partial charge in [0.25, 0.3) is 0 Å². The van der Waals surface area contributed by atoms with E-state index >= 15 is 0 Å². The Morgan fingerprint density at radius 3 is 3.05 bits per heavy atom. The topological polar surface area (TPSA) is 78.9 Å². The standard InChI is InChI=1S/C15H21N3OS/c1-9-3-4-11-12(8-17)15(20-13(11)7-9)18-14(19)10(2)5-6-16/h9-10H,3-7,16H2,1-2H3,(H,18,19). The summed E-state index contributed by atoms with van der Waals surface area (Å²) < 4.78 is 0. The van der Waals surface area contributed by atoms with Crippen molar-refractivity contribution in [3.05, 3.63) is 16.0 Å². The van der Waals surface area contributed by atoms with Crippen LogP contribution in [0.15, 0.2) is 0 Å². The highest BCUT2D eigenvalue weighted by atomic mass is 32.1. The van der Waals surface area contributed by atoms with Crippen molar-refractivity contribution in [1.82, 2.24) is 0 Å². The number of carbonyl (C=O) groups excluding carboxylic acids is 1. The SMILES string of the molecule is CC1CCc2c(sc(NC(=O)C(C)CCN)c2C#N)C1. The second-order valence-electron chi connectivity index (χ2n) is 5.64. The quantitative estimate of drug-likeness (QED) is 0.895. The molecule has 1 aliphatic carbocycles. The van der Waals surface area contributed by atoms with Crippen molar-refractivity contribution in [2.24, 2.45) is 17.6 Å². The van der Waals surface area contributed by atoms with Crippen molar-refractivity contribution >= 4 is 22.2 Å². The van der Waals surface area contributed by atoms with Gasteiger partial charge in [-0.3, -0.25) is 4.79 Å². The summed E-state index contributed by atoms with van der Waals surface area (Å²) in [4.78, 5) is 13.3. The summed E-state index contributed by atoms with van der Waals surface area (Å²) in [6.07, 6.45) is 3.75. The molecule has 1 aromatic heterocycles. The van der Waals surface area contributed by atoms with Crippen LogP contribution < -0.4 is 11.1 Å². The predicted octanol–water partition coefficient (Wildman–Crippen LogP) is 2.67. The maximum absolute atomic E-state index is 12.1. The monoisotopic (exact) mass is 291 g/mol. The molecular formula is C15H21N3OS. The van der Waals surface area contributed by atoms with Crippen LogP contribution in [0.5, 0.6) is 0 Å². The number of rotatable bonds is 4. The summed E-state index contributed by atoms with van der Waals surface area (Å²) in [5.74, 6) is 0.496. The molecule has 0 bridgehead atoms. The molecule has 0 aliphatic heterocycles. The van der Waals surface area contributed by atoms with Crippen LogP contribution in [0.3, 0.4) is 0 Å². The van der Waals surface area contributed by atoms with Crippen molar-refractivity contribution in [3.63, 3.8) is 0 Å². The molecule has 3 N–H and O–H groups in total. The first kappa shape index (κ1) is 15.0. The summed E-state index contributed by atoms with van der Waals surface area (Å²) in [5, 5.41) is 13.0. The summed E-state index contributed by atoms with van der Waals surface area (Å²) in [6.45, 7) is 4.60. The van der Waals surface area contributed by atoms with Gasteiger partial charge in [-0.15, -0.1) is 11.3 Å². The zero-order valence-corrected chi connectivity index (χ0v) is 12.8. The van der Waals surface area contributed by atoms with Crippen LogP contribution >= 0.6 is 11.3 Å². The molecule has 1 aliphatic rings. The molecule has 0 saturated heterocycles. The Bertz CT molecular complexity index is 544. The van der Waals surface area contributed by atoms with E-state index in [1.54, 1.807) is 11.3 Å². The first-order valence-electron chi connectivity index (χ1n) is 7.12. The van der Waals surface area contributed by atoms with Gasteiger partial charge in [0.15, 0.2) is 0 Å². The number of hydrogen-bond donors (Lipinski definition) is 2. The zero-order chi connectivity index (χ0) is 14.7. The molecule has 4 nitrogen and oxygen atoms in total. The first-order chi connectivity index (χ1) is 9.56. The summed E-state index contributed by atoms with van der Waals surface area (Å²) >= 11 is 1.57. The van der Waals surface area contributed by atoms with Crippen LogP contribution in [0.25, 0.3) is 0 Å². The number of nitrogens with one attached hydrogen (secondary N) is 1. The van der Waals surface area contributed by atoms with Crippen molar-refractivity contribution < 1.29 is 4.79 Å². The third-order valence-electron chi connectivity index (χ3n) is 3.91. The average Bonchev–Trinajstić information content (AvgIpc) is 2.74. The van der Waals surface area contributed by atoms with Crippen LogP contribution in [-0.2, 0) is 17.6 Å². The van der Waals surface area contributed by atoms with E-state index in [0.29, 0.717) is 24.4 Å². The highest BCUT2D eigenvalue weighted by molar-refractivity contribution is 7.16. The molecular weight excluding hydrogens is 270 g/mol. The molecule has 0 spiro atoms. The number of nitriles is 1. The molecule has 1 amide bonds.